The lowest BCUT2D eigenvalue weighted by Crippen LogP contribution is -2.08. The summed E-state index contributed by atoms with van der Waals surface area (Å²) in [6.45, 7) is 3.37. The summed E-state index contributed by atoms with van der Waals surface area (Å²) in [7, 11) is 0. The molecule has 0 heterocycles. The third-order valence-electron chi connectivity index (χ3n) is 3.58. The number of halogens is 2. The molecule has 0 radical (unpaired) electrons. The molecular weight excluding hydrogens is 330 g/mol. The van der Waals surface area contributed by atoms with Gasteiger partial charge >= 0.3 is 5.97 Å². The molecule has 0 spiro atoms. The minimum absolute atomic E-state index is 0.0336. The van der Waals surface area contributed by atoms with Crippen LogP contribution in [-0.4, -0.2) is 30.9 Å². The second kappa shape index (κ2) is 9.13. The number of benzene rings is 2. The van der Waals surface area contributed by atoms with E-state index in [1.54, 1.807) is 0 Å². The normalized spacial score (nSPS) is 10.7. The van der Waals surface area contributed by atoms with Gasteiger partial charge in [-0.3, -0.25) is 0 Å². The van der Waals surface area contributed by atoms with Crippen molar-refractivity contribution in [3.8, 4) is 16.9 Å². The molecule has 0 fully saturated rings. The monoisotopic (exact) mass is 350 g/mol. The van der Waals surface area contributed by atoms with Gasteiger partial charge in [-0.25, -0.2) is 13.6 Å². The van der Waals surface area contributed by atoms with Crippen molar-refractivity contribution in [2.45, 2.75) is 19.8 Å². The molecule has 1 N–H and O–H groups in total. The zero-order valence-electron chi connectivity index (χ0n) is 13.9. The van der Waals surface area contributed by atoms with Crippen LogP contribution in [0.4, 0.5) is 8.78 Å². The first-order chi connectivity index (χ1) is 12.0. The van der Waals surface area contributed by atoms with Gasteiger partial charge in [-0.05, 0) is 42.3 Å². The number of carboxylic acids is 1. The van der Waals surface area contributed by atoms with E-state index in [1.807, 2.05) is 0 Å². The van der Waals surface area contributed by atoms with Crippen LogP contribution < -0.4 is 4.74 Å². The van der Waals surface area contributed by atoms with Gasteiger partial charge in [0, 0.05) is 12.2 Å². The van der Waals surface area contributed by atoms with Crippen molar-refractivity contribution in [3.05, 3.63) is 53.6 Å². The molecule has 0 aliphatic rings. The number of ether oxygens (including phenoxy) is 2. The lowest BCUT2D eigenvalue weighted by molar-refractivity contribution is 0.0696. The average Bonchev–Trinajstić information content (AvgIpc) is 2.60. The highest BCUT2D eigenvalue weighted by atomic mass is 19.2. The van der Waals surface area contributed by atoms with Crippen LogP contribution in [0.2, 0.25) is 0 Å². The van der Waals surface area contributed by atoms with E-state index in [1.165, 1.54) is 24.3 Å². The van der Waals surface area contributed by atoms with Crippen LogP contribution in [0.5, 0.6) is 5.75 Å². The maximum atomic E-state index is 13.5. The highest BCUT2D eigenvalue weighted by molar-refractivity contribution is 5.90. The molecule has 6 heteroatoms. The summed E-state index contributed by atoms with van der Waals surface area (Å²) < 4.78 is 37.7. The first-order valence-electron chi connectivity index (χ1n) is 8.06. The Labute approximate surface area is 145 Å². The van der Waals surface area contributed by atoms with Gasteiger partial charge in [0.05, 0.1) is 12.2 Å². The van der Waals surface area contributed by atoms with Crippen LogP contribution in [0.3, 0.4) is 0 Å². The van der Waals surface area contributed by atoms with Gasteiger partial charge in [0.25, 0.3) is 0 Å². The van der Waals surface area contributed by atoms with E-state index in [2.05, 4.69) is 6.92 Å². The number of carboxylic acid groups (broad SMARTS) is 1. The quantitative estimate of drug-likeness (QED) is 0.675. The molecule has 2 aromatic rings. The van der Waals surface area contributed by atoms with E-state index in [9.17, 15) is 13.6 Å². The van der Waals surface area contributed by atoms with Crippen LogP contribution in [-0.2, 0) is 4.74 Å². The Morgan fingerprint density at radius 2 is 1.84 bits per heavy atom. The van der Waals surface area contributed by atoms with E-state index in [0.717, 1.165) is 25.0 Å². The summed E-state index contributed by atoms with van der Waals surface area (Å²) in [4.78, 5) is 11.2. The molecule has 2 aromatic carbocycles. The van der Waals surface area contributed by atoms with E-state index in [4.69, 9.17) is 14.6 Å². The first-order valence-corrected chi connectivity index (χ1v) is 8.06. The lowest BCUT2D eigenvalue weighted by atomic mass is 10.0. The Kier molecular flexibility index (Phi) is 6.89. The second-order valence-electron chi connectivity index (χ2n) is 5.46. The van der Waals surface area contributed by atoms with Gasteiger partial charge in [-0.15, -0.1) is 0 Å². The highest BCUT2D eigenvalue weighted by Crippen LogP contribution is 2.32. The SMILES string of the molecule is CCCCOCCOc1ccc(C(=O)O)cc1-c1ccc(F)c(F)c1. The number of hydrogen-bond donors (Lipinski definition) is 1. The van der Waals surface area contributed by atoms with E-state index >= 15 is 0 Å². The Hall–Kier alpha value is -2.47. The largest absolute Gasteiger partial charge is 0.491 e. The topological polar surface area (TPSA) is 55.8 Å². The summed E-state index contributed by atoms with van der Waals surface area (Å²) in [6.07, 6.45) is 2.01. The second-order valence-corrected chi connectivity index (χ2v) is 5.46. The fourth-order valence-electron chi connectivity index (χ4n) is 2.24. The fraction of sp³-hybridized carbons (Fsp3) is 0.316. The summed E-state index contributed by atoms with van der Waals surface area (Å²) in [5.41, 5.74) is 0.752. The summed E-state index contributed by atoms with van der Waals surface area (Å²) >= 11 is 0. The Morgan fingerprint density at radius 3 is 2.52 bits per heavy atom. The zero-order chi connectivity index (χ0) is 18.2. The summed E-state index contributed by atoms with van der Waals surface area (Å²) in [5, 5.41) is 9.15. The van der Waals surface area contributed by atoms with Crippen LogP contribution >= 0.6 is 0 Å². The number of hydrogen-bond acceptors (Lipinski definition) is 3. The molecule has 4 nitrogen and oxygen atoms in total. The summed E-state index contributed by atoms with van der Waals surface area (Å²) in [5.74, 6) is -2.70. The highest BCUT2D eigenvalue weighted by Gasteiger charge is 2.13. The van der Waals surface area contributed by atoms with Gasteiger partial charge in [-0.1, -0.05) is 19.4 Å². The van der Waals surface area contributed by atoms with E-state index in [-0.39, 0.29) is 12.2 Å². The zero-order valence-corrected chi connectivity index (χ0v) is 13.9. The molecule has 0 bridgehead atoms. The third kappa shape index (κ3) is 5.26. The van der Waals surface area contributed by atoms with Crippen molar-refractivity contribution < 1.29 is 28.2 Å². The standard InChI is InChI=1S/C19H20F2O4/c1-2-3-8-24-9-10-25-18-7-5-14(19(22)23)11-15(18)13-4-6-16(20)17(21)12-13/h4-7,11-12H,2-3,8-10H2,1H3,(H,22,23). The van der Waals surface area contributed by atoms with Crippen molar-refractivity contribution in [3.63, 3.8) is 0 Å². The number of carbonyl (C=O) groups is 1. The number of rotatable bonds is 9. The molecule has 0 aromatic heterocycles. The lowest BCUT2D eigenvalue weighted by Gasteiger charge is -2.13. The van der Waals surface area contributed by atoms with Gasteiger partial charge in [0.1, 0.15) is 12.4 Å². The van der Waals surface area contributed by atoms with Crippen molar-refractivity contribution in [1.82, 2.24) is 0 Å². The fourth-order valence-corrected chi connectivity index (χ4v) is 2.24. The average molecular weight is 350 g/mol. The molecule has 0 aliphatic carbocycles. The molecule has 0 aliphatic heterocycles. The predicted octanol–water partition coefficient (Wildman–Crippen LogP) is 4.53. The maximum Gasteiger partial charge on any atom is 0.335 e. The molecule has 0 amide bonds. The van der Waals surface area contributed by atoms with Crippen LogP contribution in [0.15, 0.2) is 36.4 Å². The molecular formula is C19H20F2O4. The number of aromatic carboxylic acids is 1. The first kappa shape index (κ1) is 18.9. The van der Waals surface area contributed by atoms with Crippen LogP contribution in [0, 0.1) is 11.6 Å². The van der Waals surface area contributed by atoms with Crippen LogP contribution in [0.1, 0.15) is 30.1 Å². The van der Waals surface area contributed by atoms with E-state index < -0.39 is 17.6 Å². The third-order valence-corrected chi connectivity index (χ3v) is 3.58. The molecule has 0 saturated carbocycles. The molecule has 0 unspecified atom stereocenters. The van der Waals surface area contributed by atoms with Crippen molar-refractivity contribution in [1.29, 1.82) is 0 Å². The Morgan fingerprint density at radius 1 is 1.04 bits per heavy atom. The molecule has 134 valence electrons. The molecule has 0 saturated heterocycles. The Balaban J connectivity index is 2.20. The van der Waals surface area contributed by atoms with Gasteiger partial charge in [-0.2, -0.15) is 0 Å². The van der Waals surface area contributed by atoms with Crippen LogP contribution in [0.25, 0.3) is 11.1 Å². The number of unbranched alkanes of at least 4 members (excludes halogenated alkanes) is 1. The molecule has 2 rings (SSSR count). The Bertz CT molecular complexity index is 731. The van der Waals surface area contributed by atoms with Crippen molar-refractivity contribution in [2.75, 3.05) is 19.8 Å². The van der Waals surface area contributed by atoms with E-state index in [0.29, 0.717) is 30.1 Å². The molecule has 25 heavy (non-hydrogen) atoms. The van der Waals surface area contributed by atoms with Gasteiger partial charge in [0.15, 0.2) is 11.6 Å². The van der Waals surface area contributed by atoms with Crippen molar-refractivity contribution >= 4 is 5.97 Å². The minimum atomic E-state index is -1.11. The minimum Gasteiger partial charge on any atom is -0.491 e. The van der Waals surface area contributed by atoms with Gasteiger partial charge < -0.3 is 14.6 Å². The van der Waals surface area contributed by atoms with Crippen molar-refractivity contribution in [2.24, 2.45) is 0 Å². The van der Waals surface area contributed by atoms with Gasteiger partial charge in [0.2, 0.25) is 0 Å². The maximum absolute atomic E-state index is 13.5. The predicted molar refractivity (Wildman–Crippen MR) is 90.0 cm³/mol. The molecule has 0 atom stereocenters. The summed E-state index contributed by atoms with van der Waals surface area (Å²) in [6, 6.07) is 7.67. The smallest absolute Gasteiger partial charge is 0.335 e.